The Kier molecular flexibility index (Phi) is 4.47. The van der Waals surface area contributed by atoms with Gasteiger partial charge in [-0.3, -0.25) is 0 Å². The molecule has 1 fully saturated rings. The summed E-state index contributed by atoms with van der Waals surface area (Å²) in [7, 11) is 0. The number of aryl methyl sites for hydroxylation is 1. The molecule has 1 amide bonds. The van der Waals surface area contributed by atoms with Gasteiger partial charge in [0.05, 0.1) is 0 Å². The summed E-state index contributed by atoms with van der Waals surface area (Å²) in [6, 6.07) is 7.35. The van der Waals surface area contributed by atoms with Crippen LogP contribution in [0.3, 0.4) is 0 Å². The van der Waals surface area contributed by atoms with Crippen molar-refractivity contribution in [2.24, 2.45) is 5.73 Å². The summed E-state index contributed by atoms with van der Waals surface area (Å²) in [4.78, 5) is 24.6. The van der Waals surface area contributed by atoms with Crippen molar-refractivity contribution in [1.29, 1.82) is 0 Å². The number of imidazole rings is 1. The monoisotopic (exact) mass is 409 g/mol. The van der Waals surface area contributed by atoms with Crippen LogP contribution in [0.5, 0.6) is 0 Å². The quantitative estimate of drug-likeness (QED) is 0.605. The molecule has 1 saturated carbocycles. The third-order valence-corrected chi connectivity index (χ3v) is 7.07. The Hall–Kier alpha value is -2.66. The number of aromatic nitrogens is 4. The van der Waals surface area contributed by atoms with E-state index in [0.29, 0.717) is 11.5 Å². The van der Waals surface area contributed by atoms with E-state index in [1.54, 1.807) is 24.7 Å². The summed E-state index contributed by atoms with van der Waals surface area (Å²) in [6.45, 7) is 1.96. The van der Waals surface area contributed by atoms with Gasteiger partial charge < -0.3 is 0 Å². The summed E-state index contributed by atoms with van der Waals surface area (Å²) in [5, 5.41) is 3.28. The summed E-state index contributed by atoms with van der Waals surface area (Å²) in [5.74, 6) is 0.956. The van der Waals surface area contributed by atoms with Gasteiger partial charge in [0.2, 0.25) is 0 Å². The molecular formula is C18H18AsN6O. The predicted molar refractivity (Wildman–Crippen MR) is 101 cm³/mol. The van der Waals surface area contributed by atoms with E-state index in [2.05, 4.69) is 20.3 Å². The van der Waals surface area contributed by atoms with Crippen molar-refractivity contribution in [2.75, 3.05) is 5.32 Å². The number of hydrogen-bond donors (Lipinski definition) is 2. The molecule has 131 valence electrons. The van der Waals surface area contributed by atoms with E-state index in [1.807, 2.05) is 29.8 Å². The molecule has 3 aromatic rings. The predicted octanol–water partition coefficient (Wildman–Crippen LogP) is 1.73. The van der Waals surface area contributed by atoms with Crippen molar-refractivity contribution in [3.8, 4) is 5.82 Å². The van der Waals surface area contributed by atoms with Crippen LogP contribution in [0.1, 0.15) is 28.8 Å². The fourth-order valence-corrected chi connectivity index (χ4v) is 4.83. The Morgan fingerprint density at radius 3 is 2.88 bits per heavy atom. The first-order valence-electron chi connectivity index (χ1n) is 8.34. The summed E-state index contributed by atoms with van der Waals surface area (Å²) in [5.41, 5.74) is 7.62. The molecule has 4 rings (SSSR count). The number of benzene rings is 1. The minimum absolute atomic E-state index is 0.105. The van der Waals surface area contributed by atoms with Gasteiger partial charge >= 0.3 is 158 Å². The van der Waals surface area contributed by atoms with Gasteiger partial charge in [0.15, 0.2) is 0 Å². The van der Waals surface area contributed by atoms with E-state index in [1.165, 1.54) is 12.8 Å². The first kappa shape index (κ1) is 16.8. The third-order valence-electron chi connectivity index (χ3n) is 4.16. The molecule has 0 bridgehead atoms. The van der Waals surface area contributed by atoms with Crippen molar-refractivity contribution in [3.05, 3.63) is 54.1 Å². The number of nitrogens with zero attached hydrogens (tertiary/aromatic N) is 4. The first-order valence-corrected chi connectivity index (χ1v) is 10.4. The molecule has 8 heteroatoms. The van der Waals surface area contributed by atoms with Gasteiger partial charge in [-0.25, -0.2) is 0 Å². The van der Waals surface area contributed by atoms with Gasteiger partial charge in [0, 0.05) is 0 Å². The molecule has 26 heavy (non-hydrogen) atoms. The maximum absolute atomic E-state index is 11.4. The molecule has 3 N–H and O–H groups in total. The number of amides is 1. The number of nitrogens with one attached hydrogen (secondary N) is 1. The molecule has 0 saturated heterocycles. The molecule has 0 spiro atoms. The molecular weight excluding hydrogens is 391 g/mol. The Bertz CT molecular complexity index is 966. The van der Waals surface area contributed by atoms with Crippen LogP contribution in [0.15, 0.2) is 43.0 Å². The first-order chi connectivity index (χ1) is 12.6. The Balaban J connectivity index is 1.63. The third kappa shape index (κ3) is 3.63. The SMILES string of the molecule is Cc1ccc(C(N)=O)cc1Nc1nccn1-c1cc([As]C2CC2)ncn1. The minimum atomic E-state index is -0.458. The number of anilines is 2. The molecule has 2 aromatic heterocycles. The molecule has 0 aliphatic heterocycles. The number of primary amides is 1. The molecule has 7 nitrogen and oxygen atoms in total. The average Bonchev–Trinajstić information content (AvgIpc) is 3.31. The van der Waals surface area contributed by atoms with Crippen LogP contribution in [0.4, 0.5) is 11.6 Å². The van der Waals surface area contributed by atoms with Crippen molar-refractivity contribution in [2.45, 2.75) is 24.5 Å². The Labute approximate surface area is 157 Å². The molecule has 0 unspecified atom stereocenters. The van der Waals surface area contributed by atoms with Gasteiger partial charge in [-0.2, -0.15) is 0 Å². The Morgan fingerprint density at radius 2 is 2.12 bits per heavy atom. The van der Waals surface area contributed by atoms with Crippen molar-refractivity contribution in [1.82, 2.24) is 19.5 Å². The molecule has 1 radical (unpaired) electrons. The normalized spacial score (nSPS) is 14.0. The van der Waals surface area contributed by atoms with Crippen LogP contribution in [0.25, 0.3) is 5.82 Å². The zero-order chi connectivity index (χ0) is 18.1. The number of carbonyl (C=O) groups is 1. The maximum atomic E-state index is 11.4. The van der Waals surface area contributed by atoms with Crippen LogP contribution in [0, 0.1) is 6.92 Å². The second-order valence-corrected chi connectivity index (χ2v) is 9.27. The molecule has 1 aliphatic rings. The van der Waals surface area contributed by atoms with Crippen LogP contribution in [-0.2, 0) is 0 Å². The van der Waals surface area contributed by atoms with Gasteiger partial charge in [0.25, 0.3) is 0 Å². The van der Waals surface area contributed by atoms with Crippen LogP contribution in [0.2, 0.25) is 4.71 Å². The number of rotatable bonds is 6. The van der Waals surface area contributed by atoms with Crippen LogP contribution >= 0.6 is 0 Å². The van der Waals surface area contributed by atoms with Crippen LogP contribution < -0.4 is 15.5 Å². The number of hydrogen-bond acceptors (Lipinski definition) is 5. The summed E-state index contributed by atoms with van der Waals surface area (Å²) < 4.78 is 3.88. The van der Waals surface area contributed by atoms with E-state index in [-0.39, 0.29) is 15.8 Å². The fourth-order valence-electron chi connectivity index (χ4n) is 2.54. The summed E-state index contributed by atoms with van der Waals surface area (Å²) in [6.07, 6.45) is 7.84. The van der Waals surface area contributed by atoms with Crippen molar-refractivity contribution in [3.63, 3.8) is 0 Å². The van der Waals surface area contributed by atoms with Crippen LogP contribution in [-0.4, -0.2) is 41.2 Å². The second-order valence-electron chi connectivity index (χ2n) is 6.23. The van der Waals surface area contributed by atoms with E-state index < -0.39 is 5.91 Å². The van der Waals surface area contributed by atoms with Gasteiger partial charge in [0.1, 0.15) is 0 Å². The standard InChI is InChI=1S/C18H18AsN6O/c1-11-2-3-12(17(20)26)8-14(11)24-18-21-6-7-25(18)16-9-15(22-10-23-16)19-13-4-5-13/h2-3,6-10,13H,4-5H2,1H3,(H2,20,26)(H,21,24). The van der Waals surface area contributed by atoms with E-state index in [0.717, 1.165) is 26.3 Å². The zero-order valence-corrected chi connectivity index (χ0v) is 16.1. The zero-order valence-electron chi connectivity index (χ0n) is 14.3. The van der Waals surface area contributed by atoms with E-state index in [9.17, 15) is 4.79 Å². The summed E-state index contributed by atoms with van der Waals surface area (Å²) >= 11 is 0.105. The second kappa shape index (κ2) is 6.92. The van der Waals surface area contributed by atoms with Gasteiger partial charge in [-0.1, -0.05) is 0 Å². The molecule has 0 atom stereocenters. The topological polar surface area (TPSA) is 98.7 Å². The van der Waals surface area contributed by atoms with E-state index in [4.69, 9.17) is 5.73 Å². The molecule has 1 aromatic carbocycles. The van der Waals surface area contributed by atoms with Gasteiger partial charge in [-0.15, -0.1) is 0 Å². The average molecular weight is 409 g/mol. The Morgan fingerprint density at radius 1 is 1.27 bits per heavy atom. The van der Waals surface area contributed by atoms with E-state index >= 15 is 0 Å². The van der Waals surface area contributed by atoms with Gasteiger partial charge in [-0.05, 0) is 0 Å². The molecule has 1 aliphatic carbocycles. The van der Waals surface area contributed by atoms with Crippen molar-refractivity contribution >= 4 is 37.8 Å². The fraction of sp³-hybridized carbons (Fsp3) is 0.222. The number of nitrogens with two attached hydrogens (primary N) is 1. The van der Waals surface area contributed by atoms with Crippen molar-refractivity contribution < 1.29 is 4.79 Å². The number of carbonyl (C=O) groups excluding carboxylic acids is 1. The molecule has 2 heterocycles.